The molecule has 0 bridgehead atoms. The molecule has 24 heavy (non-hydrogen) atoms. The number of nitrogens with zero attached hydrogens (tertiary/aromatic N) is 2. The van der Waals surface area contributed by atoms with E-state index in [4.69, 9.17) is 0 Å². The zero-order chi connectivity index (χ0) is 17.5. The molecule has 0 aliphatic carbocycles. The van der Waals surface area contributed by atoms with Crippen molar-refractivity contribution in [2.24, 2.45) is 0 Å². The Morgan fingerprint density at radius 2 is 1.79 bits per heavy atom. The summed E-state index contributed by atoms with van der Waals surface area (Å²) in [7, 11) is 4.02. The Labute approximate surface area is 145 Å². The number of rotatable bonds is 6. The quantitative estimate of drug-likeness (QED) is 0.848. The van der Waals surface area contributed by atoms with E-state index in [2.05, 4.69) is 23.2 Å². The smallest absolute Gasteiger partial charge is 0.322 e. The molecular weight excluding hydrogens is 298 g/mol. The van der Waals surface area contributed by atoms with E-state index in [9.17, 15) is 4.79 Å². The summed E-state index contributed by atoms with van der Waals surface area (Å²) in [5.41, 5.74) is 4.19. The molecule has 0 fully saturated rings. The first-order valence-electron chi connectivity index (χ1n) is 8.39. The van der Waals surface area contributed by atoms with Gasteiger partial charge >= 0.3 is 6.03 Å². The summed E-state index contributed by atoms with van der Waals surface area (Å²) >= 11 is 0. The molecule has 0 aromatic heterocycles. The van der Waals surface area contributed by atoms with Crippen LogP contribution in [0.15, 0.2) is 48.5 Å². The SMILES string of the molecule is CCCN(Cc1ccccc1)C(=O)Nc1ccc(N(C)C)cc1C. The van der Waals surface area contributed by atoms with E-state index in [1.807, 2.05) is 68.4 Å². The van der Waals surface area contributed by atoms with Crippen LogP contribution >= 0.6 is 0 Å². The molecule has 2 rings (SSSR count). The second-order valence-corrected chi connectivity index (χ2v) is 6.23. The highest BCUT2D eigenvalue weighted by molar-refractivity contribution is 5.90. The van der Waals surface area contributed by atoms with Crippen LogP contribution in [-0.2, 0) is 6.54 Å². The summed E-state index contributed by atoms with van der Waals surface area (Å²) in [6, 6.07) is 16.1. The average Bonchev–Trinajstić information content (AvgIpc) is 2.57. The predicted molar refractivity (Wildman–Crippen MR) is 102 cm³/mol. The van der Waals surface area contributed by atoms with Gasteiger partial charge in [-0.15, -0.1) is 0 Å². The summed E-state index contributed by atoms with van der Waals surface area (Å²) in [6.07, 6.45) is 0.929. The lowest BCUT2D eigenvalue weighted by molar-refractivity contribution is 0.209. The van der Waals surface area contributed by atoms with E-state index in [1.165, 1.54) is 0 Å². The second-order valence-electron chi connectivity index (χ2n) is 6.23. The fourth-order valence-electron chi connectivity index (χ4n) is 2.59. The van der Waals surface area contributed by atoms with Crippen LogP contribution in [0.2, 0.25) is 0 Å². The van der Waals surface area contributed by atoms with Gasteiger partial charge in [-0.25, -0.2) is 4.79 Å². The van der Waals surface area contributed by atoms with Gasteiger partial charge in [0.1, 0.15) is 0 Å². The minimum absolute atomic E-state index is 0.0543. The number of nitrogens with one attached hydrogen (secondary N) is 1. The van der Waals surface area contributed by atoms with Gasteiger partial charge in [0.25, 0.3) is 0 Å². The monoisotopic (exact) mass is 325 g/mol. The summed E-state index contributed by atoms with van der Waals surface area (Å²) in [6.45, 7) is 5.46. The van der Waals surface area contributed by atoms with Crippen LogP contribution in [0.1, 0.15) is 24.5 Å². The van der Waals surface area contributed by atoms with Gasteiger partial charge in [-0.3, -0.25) is 0 Å². The van der Waals surface area contributed by atoms with Crippen LogP contribution in [0.25, 0.3) is 0 Å². The molecule has 2 aromatic rings. The third-order valence-corrected chi connectivity index (χ3v) is 3.96. The first-order valence-corrected chi connectivity index (χ1v) is 8.39. The van der Waals surface area contributed by atoms with E-state index in [0.717, 1.165) is 35.5 Å². The molecule has 0 saturated heterocycles. The number of hydrogen-bond acceptors (Lipinski definition) is 2. The molecule has 2 amide bonds. The maximum Gasteiger partial charge on any atom is 0.322 e. The lowest BCUT2D eigenvalue weighted by Gasteiger charge is -2.23. The summed E-state index contributed by atoms with van der Waals surface area (Å²) in [4.78, 5) is 16.6. The minimum atomic E-state index is -0.0543. The Balaban J connectivity index is 2.10. The first-order chi connectivity index (χ1) is 11.5. The van der Waals surface area contributed by atoms with Gasteiger partial charge in [0.05, 0.1) is 0 Å². The van der Waals surface area contributed by atoms with Crippen molar-refractivity contribution in [2.45, 2.75) is 26.8 Å². The van der Waals surface area contributed by atoms with Gasteiger partial charge in [0.15, 0.2) is 0 Å². The molecule has 0 atom stereocenters. The molecule has 0 aliphatic rings. The number of urea groups is 1. The highest BCUT2D eigenvalue weighted by atomic mass is 16.2. The standard InChI is InChI=1S/C20H27N3O/c1-5-13-23(15-17-9-7-6-8-10-17)20(24)21-19-12-11-18(22(3)4)14-16(19)2/h6-12,14H,5,13,15H2,1-4H3,(H,21,24). The highest BCUT2D eigenvalue weighted by Gasteiger charge is 2.14. The second kappa shape index (κ2) is 8.39. The Morgan fingerprint density at radius 1 is 1.08 bits per heavy atom. The van der Waals surface area contributed by atoms with Crippen molar-refractivity contribution >= 4 is 17.4 Å². The van der Waals surface area contributed by atoms with Crippen molar-refractivity contribution in [1.82, 2.24) is 4.90 Å². The van der Waals surface area contributed by atoms with Crippen molar-refractivity contribution in [3.63, 3.8) is 0 Å². The summed E-state index contributed by atoms with van der Waals surface area (Å²) in [5.74, 6) is 0. The van der Waals surface area contributed by atoms with Gasteiger partial charge in [-0.1, -0.05) is 37.3 Å². The van der Waals surface area contributed by atoms with Gasteiger partial charge in [0, 0.05) is 38.6 Å². The van der Waals surface area contributed by atoms with Crippen LogP contribution in [0.3, 0.4) is 0 Å². The van der Waals surface area contributed by atoms with Crippen molar-refractivity contribution in [3.8, 4) is 0 Å². The summed E-state index contributed by atoms with van der Waals surface area (Å²) in [5, 5.41) is 3.05. The molecule has 4 heteroatoms. The van der Waals surface area contributed by atoms with Crippen LogP contribution in [0, 0.1) is 6.92 Å². The molecule has 2 aromatic carbocycles. The zero-order valence-electron chi connectivity index (χ0n) is 15.0. The third-order valence-electron chi connectivity index (χ3n) is 3.96. The Hall–Kier alpha value is -2.49. The predicted octanol–water partition coefficient (Wildman–Crippen LogP) is 4.51. The summed E-state index contributed by atoms with van der Waals surface area (Å²) < 4.78 is 0. The lowest BCUT2D eigenvalue weighted by atomic mass is 10.1. The topological polar surface area (TPSA) is 35.6 Å². The van der Waals surface area contributed by atoms with E-state index in [-0.39, 0.29) is 6.03 Å². The average molecular weight is 325 g/mol. The number of hydrogen-bond donors (Lipinski definition) is 1. The Kier molecular flexibility index (Phi) is 6.24. The Bertz CT molecular complexity index is 668. The minimum Gasteiger partial charge on any atom is -0.378 e. The Morgan fingerprint density at radius 3 is 2.38 bits per heavy atom. The fourth-order valence-corrected chi connectivity index (χ4v) is 2.59. The van der Waals surface area contributed by atoms with Crippen molar-refractivity contribution in [3.05, 3.63) is 59.7 Å². The number of amides is 2. The van der Waals surface area contributed by atoms with E-state index in [1.54, 1.807) is 0 Å². The van der Waals surface area contributed by atoms with E-state index < -0.39 is 0 Å². The molecule has 0 spiro atoms. The lowest BCUT2D eigenvalue weighted by Crippen LogP contribution is -2.35. The van der Waals surface area contributed by atoms with Gasteiger partial charge in [-0.05, 0) is 42.7 Å². The number of aryl methyl sites for hydroxylation is 1. The number of benzene rings is 2. The molecular formula is C20H27N3O. The molecule has 4 nitrogen and oxygen atoms in total. The number of carbonyl (C=O) groups excluding carboxylic acids is 1. The largest absolute Gasteiger partial charge is 0.378 e. The first kappa shape index (κ1) is 17.9. The van der Waals surface area contributed by atoms with Crippen molar-refractivity contribution < 1.29 is 4.79 Å². The van der Waals surface area contributed by atoms with Crippen LogP contribution < -0.4 is 10.2 Å². The van der Waals surface area contributed by atoms with Crippen molar-refractivity contribution in [2.75, 3.05) is 30.9 Å². The van der Waals surface area contributed by atoms with Crippen LogP contribution in [0.4, 0.5) is 16.2 Å². The zero-order valence-corrected chi connectivity index (χ0v) is 15.0. The number of anilines is 2. The van der Waals surface area contributed by atoms with E-state index >= 15 is 0 Å². The third kappa shape index (κ3) is 4.75. The van der Waals surface area contributed by atoms with Gasteiger partial charge < -0.3 is 15.1 Å². The van der Waals surface area contributed by atoms with Crippen molar-refractivity contribution in [1.29, 1.82) is 0 Å². The highest BCUT2D eigenvalue weighted by Crippen LogP contribution is 2.22. The maximum atomic E-state index is 12.7. The molecule has 0 radical (unpaired) electrons. The molecule has 128 valence electrons. The van der Waals surface area contributed by atoms with Crippen LogP contribution in [0.5, 0.6) is 0 Å². The molecule has 0 heterocycles. The maximum absolute atomic E-state index is 12.7. The molecule has 0 unspecified atom stereocenters. The molecule has 1 N–H and O–H groups in total. The fraction of sp³-hybridized carbons (Fsp3) is 0.350. The van der Waals surface area contributed by atoms with E-state index in [0.29, 0.717) is 6.54 Å². The normalized spacial score (nSPS) is 10.3. The molecule has 0 saturated carbocycles. The van der Waals surface area contributed by atoms with Gasteiger partial charge in [-0.2, -0.15) is 0 Å². The molecule has 0 aliphatic heterocycles. The number of carbonyl (C=O) groups is 1. The van der Waals surface area contributed by atoms with Gasteiger partial charge in [0.2, 0.25) is 0 Å². The van der Waals surface area contributed by atoms with Crippen LogP contribution in [-0.4, -0.2) is 31.6 Å².